The van der Waals surface area contributed by atoms with Gasteiger partial charge in [0.25, 0.3) is 0 Å². The SMILES string of the molecule is CC1(C)COC(c2ccccc2C(CC(=O)O)C(I)C(=O)O)OC1. The molecule has 2 unspecified atom stereocenters. The average Bonchev–Trinajstić information content (AvgIpc) is 2.52. The number of aliphatic carboxylic acids is 2. The maximum atomic E-state index is 11.4. The Balaban J connectivity index is 2.34. The first-order valence-corrected chi connectivity index (χ1v) is 8.86. The number of carboxylic acids is 2. The Labute approximate surface area is 154 Å². The number of alkyl halides is 1. The van der Waals surface area contributed by atoms with Crippen LogP contribution in [0.25, 0.3) is 0 Å². The summed E-state index contributed by atoms with van der Waals surface area (Å²) in [5.74, 6) is -2.74. The Morgan fingerprint density at radius 2 is 1.83 bits per heavy atom. The molecular formula is C17H21IO6. The van der Waals surface area contributed by atoms with Crippen LogP contribution in [0.2, 0.25) is 0 Å². The van der Waals surface area contributed by atoms with E-state index in [-0.39, 0.29) is 11.8 Å². The van der Waals surface area contributed by atoms with Gasteiger partial charge in [-0.05, 0) is 5.56 Å². The van der Waals surface area contributed by atoms with Crippen molar-refractivity contribution in [3.05, 3.63) is 35.4 Å². The van der Waals surface area contributed by atoms with Gasteiger partial charge in [0, 0.05) is 16.9 Å². The summed E-state index contributed by atoms with van der Waals surface area (Å²) < 4.78 is 10.7. The molecular weight excluding hydrogens is 427 g/mol. The number of benzene rings is 1. The van der Waals surface area contributed by atoms with Gasteiger partial charge in [-0.25, -0.2) is 0 Å². The fraction of sp³-hybridized carbons (Fsp3) is 0.529. The first-order valence-electron chi connectivity index (χ1n) is 7.62. The number of ether oxygens (including phenoxy) is 2. The van der Waals surface area contributed by atoms with Gasteiger partial charge in [-0.3, -0.25) is 9.59 Å². The van der Waals surface area contributed by atoms with Crippen molar-refractivity contribution >= 4 is 34.5 Å². The van der Waals surface area contributed by atoms with Crippen molar-refractivity contribution < 1.29 is 29.3 Å². The van der Waals surface area contributed by atoms with Gasteiger partial charge in [0.05, 0.1) is 19.6 Å². The predicted octanol–water partition coefficient (Wildman–Crippen LogP) is 3.20. The van der Waals surface area contributed by atoms with Crippen LogP contribution in [0.1, 0.15) is 43.6 Å². The molecule has 1 fully saturated rings. The van der Waals surface area contributed by atoms with E-state index >= 15 is 0 Å². The molecule has 0 saturated carbocycles. The Bertz CT molecular complexity index is 605. The molecule has 1 aliphatic heterocycles. The summed E-state index contributed by atoms with van der Waals surface area (Å²) in [6.45, 7) is 5.10. The lowest BCUT2D eigenvalue weighted by Gasteiger charge is -2.36. The van der Waals surface area contributed by atoms with Gasteiger partial charge >= 0.3 is 11.9 Å². The Kier molecular flexibility index (Phi) is 6.22. The molecule has 1 aromatic carbocycles. The first kappa shape index (κ1) is 19.1. The van der Waals surface area contributed by atoms with E-state index in [4.69, 9.17) is 9.47 Å². The third-order valence-corrected chi connectivity index (χ3v) is 5.28. The number of hydrogen-bond donors (Lipinski definition) is 2. The summed E-state index contributed by atoms with van der Waals surface area (Å²) in [6, 6.07) is 7.14. The highest BCUT2D eigenvalue weighted by molar-refractivity contribution is 14.1. The summed E-state index contributed by atoms with van der Waals surface area (Å²) in [6.07, 6.45) is -0.877. The third-order valence-electron chi connectivity index (χ3n) is 3.88. The molecule has 0 bridgehead atoms. The molecule has 1 heterocycles. The van der Waals surface area contributed by atoms with Crippen molar-refractivity contribution in [3.8, 4) is 0 Å². The zero-order chi connectivity index (χ0) is 17.9. The number of carboxylic acid groups (broad SMARTS) is 2. The summed E-state index contributed by atoms with van der Waals surface area (Å²) in [7, 11) is 0. The highest BCUT2D eigenvalue weighted by Crippen LogP contribution is 2.38. The second kappa shape index (κ2) is 7.79. The van der Waals surface area contributed by atoms with Crippen molar-refractivity contribution in [1.29, 1.82) is 0 Å². The van der Waals surface area contributed by atoms with Crippen LogP contribution in [-0.2, 0) is 19.1 Å². The molecule has 2 rings (SSSR count). The molecule has 0 amide bonds. The fourth-order valence-corrected chi connectivity index (χ4v) is 3.31. The Morgan fingerprint density at radius 3 is 2.38 bits per heavy atom. The maximum absolute atomic E-state index is 11.4. The highest BCUT2D eigenvalue weighted by Gasteiger charge is 2.35. The van der Waals surface area contributed by atoms with Gasteiger partial charge in [0.1, 0.15) is 3.92 Å². The van der Waals surface area contributed by atoms with Crippen LogP contribution in [0, 0.1) is 5.41 Å². The normalized spacial score (nSPS) is 20.3. The lowest BCUT2D eigenvalue weighted by atomic mass is 9.88. The molecule has 6 nitrogen and oxygen atoms in total. The van der Waals surface area contributed by atoms with Crippen molar-refractivity contribution in [2.75, 3.05) is 13.2 Å². The van der Waals surface area contributed by atoms with Crippen LogP contribution in [0.15, 0.2) is 24.3 Å². The van der Waals surface area contributed by atoms with Crippen LogP contribution in [0.4, 0.5) is 0 Å². The van der Waals surface area contributed by atoms with E-state index in [1.54, 1.807) is 40.8 Å². The lowest BCUT2D eigenvalue weighted by molar-refractivity contribution is -0.226. The Hall–Kier alpha value is -1.19. The quantitative estimate of drug-likeness (QED) is 0.513. The Morgan fingerprint density at radius 1 is 1.25 bits per heavy atom. The number of rotatable bonds is 6. The van der Waals surface area contributed by atoms with Crippen LogP contribution in [-0.4, -0.2) is 39.3 Å². The molecule has 1 saturated heterocycles. The van der Waals surface area contributed by atoms with Gasteiger partial charge in [0.2, 0.25) is 0 Å². The zero-order valence-corrected chi connectivity index (χ0v) is 15.7. The molecule has 24 heavy (non-hydrogen) atoms. The molecule has 0 spiro atoms. The van der Waals surface area contributed by atoms with Crippen LogP contribution in [0.5, 0.6) is 0 Å². The number of halogens is 1. The second-order valence-corrected chi connectivity index (χ2v) is 8.03. The van der Waals surface area contributed by atoms with Crippen molar-refractivity contribution in [1.82, 2.24) is 0 Å². The smallest absolute Gasteiger partial charge is 0.317 e. The van der Waals surface area contributed by atoms with E-state index in [0.717, 1.165) is 0 Å². The van der Waals surface area contributed by atoms with E-state index in [1.807, 2.05) is 19.9 Å². The van der Waals surface area contributed by atoms with E-state index in [9.17, 15) is 19.8 Å². The number of carbonyl (C=O) groups is 2. The topological polar surface area (TPSA) is 93.1 Å². The summed E-state index contributed by atoms with van der Waals surface area (Å²) in [5.41, 5.74) is 1.26. The predicted molar refractivity (Wildman–Crippen MR) is 95.3 cm³/mol. The van der Waals surface area contributed by atoms with Gasteiger partial charge < -0.3 is 19.7 Å². The van der Waals surface area contributed by atoms with E-state index < -0.39 is 28.1 Å². The van der Waals surface area contributed by atoms with Gasteiger partial charge in [0.15, 0.2) is 6.29 Å². The summed E-state index contributed by atoms with van der Waals surface area (Å²) >= 11 is 1.78. The lowest BCUT2D eigenvalue weighted by Crippen LogP contribution is -2.34. The highest BCUT2D eigenvalue weighted by atomic mass is 127. The van der Waals surface area contributed by atoms with Gasteiger partial charge in [-0.2, -0.15) is 0 Å². The molecule has 0 aliphatic carbocycles. The number of hydrogen-bond acceptors (Lipinski definition) is 4. The zero-order valence-electron chi connectivity index (χ0n) is 13.6. The minimum absolute atomic E-state index is 0.0846. The maximum Gasteiger partial charge on any atom is 0.317 e. The minimum atomic E-state index is -1.04. The van der Waals surface area contributed by atoms with E-state index in [0.29, 0.717) is 24.3 Å². The van der Waals surface area contributed by atoms with Crippen LogP contribution in [0.3, 0.4) is 0 Å². The van der Waals surface area contributed by atoms with Gasteiger partial charge in [-0.15, -0.1) is 0 Å². The standard InChI is InChI=1S/C17H21IO6/c1-17(2)8-23-16(24-9-17)11-6-4-3-5-10(11)12(7-13(19)20)14(18)15(21)22/h3-6,12,14,16H,7-9H2,1-2H3,(H,19,20)(H,21,22). The molecule has 2 atom stereocenters. The average molecular weight is 448 g/mol. The van der Waals surface area contributed by atoms with Crippen molar-refractivity contribution in [2.45, 2.75) is 36.4 Å². The largest absolute Gasteiger partial charge is 0.481 e. The molecule has 7 heteroatoms. The molecule has 2 N–H and O–H groups in total. The fourth-order valence-electron chi connectivity index (χ4n) is 2.67. The molecule has 0 radical (unpaired) electrons. The molecule has 0 aromatic heterocycles. The first-order chi connectivity index (χ1) is 11.2. The molecule has 1 aromatic rings. The third kappa shape index (κ3) is 4.67. The minimum Gasteiger partial charge on any atom is -0.481 e. The van der Waals surface area contributed by atoms with Gasteiger partial charge in [-0.1, -0.05) is 60.7 Å². The van der Waals surface area contributed by atoms with Crippen LogP contribution >= 0.6 is 22.6 Å². The molecule has 1 aliphatic rings. The van der Waals surface area contributed by atoms with E-state index in [1.165, 1.54) is 0 Å². The summed E-state index contributed by atoms with van der Waals surface area (Å²) in [5, 5.41) is 18.5. The molecule has 132 valence electrons. The van der Waals surface area contributed by atoms with Crippen LogP contribution < -0.4 is 0 Å². The second-order valence-electron chi connectivity index (χ2n) is 6.69. The monoisotopic (exact) mass is 448 g/mol. The van der Waals surface area contributed by atoms with Crippen molar-refractivity contribution in [3.63, 3.8) is 0 Å². The van der Waals surface area contributed by atoms with E-state index in [2.05, 4.69) is 0 Å². The van der Waals surface area contributed by atoms with Crippen molar-refractivity contribution in [2.24, 2.45) is 5.41 Å². The summed E-state index contributed by atoms with van der Waals surface area (Å²) in [4.78, 5) is 22.6.